The molecule has 0 saturated carbocycles. The van der Waals surface area contributed by atoms with Gasteiger partial charge in [-0.3, -0.25) is 0 Å². The smallest absolute Gasteiger partial charge is 0.321 e. The maximum atomic E-state index is 12.1. The van der Waals surface area contributed by atoms with Gasteiger partial charge in [0.1, 0.15) is 0 Å². The van der Waals surface area contributed by atoms with Crippen LogP contribution in [-0.2, 0) is 0 Å². The van der Waals surface area contributed by atoms with Gasteiger partial charge in [-0.05, 0) is 44.2 Å². The molecule has 5 heteroatoms. The molecule has 1 aliphatic rings. The molecule has 4 nitrogen and oxygen atoms in total. The van der Waals surface area contributed by atoms with Crippen molar-refractivity contribution in [3.63, 3.8) is 0 Å². The standard InChI is InChI=1S/C13H18ClN3O/c1-15-12-3-2-8-17(9-12)13(18)16-11-6-4-10(14)5-7-11/h4-7,12,15H,2-3,8-9H2,1H3,(H,16,18)/t12-/m1/s1. The third-order valence-electron chi connectivity index (χ3n) is 3.21. The number of amides is 2. The molecule has 1 saturated heterocycles. The number of rotatable bonds is 2. The van der Waals surface area contributed by atoms with E-state index < -0.39 is 0 Å². The van der Waals surface area contributed by atoms with Gasteiger partial charge in [0.25, 0.3) is 0 Å². The Kier molecular flexibility index (Phi) is 4.44. The van der Waals surface area contributed by atoms with Gasteiger partial charge in [0, 0.05) is 29.8 Å². The van der Waals surface area contributed by atoms with Gasteiger partial charge in [0.15, 0.2) is 0 Å². The van der Waals surface area contributed by atoms with Crippen molar-refractivity contribution in [3.8, 4) is 0 Å². The van der Waals surface area contributed by atoms with Crippen molar-refractivity contribution in [2.75, 3.05) is 25.5 Å². The first-order valence-corrected chi connectivity index (χ1v) is 6.55. The Hall–Kier alpha value is -1.26. The Bertz CT molecular complexity index is 407. The van der Waals surface area contributed by atoms with Gasteiger partial charge in [0.2, 0.25) is 0 Å². The van der Waals surface area contributed by atoms with E-state index in [2.05, 4.69) is 10.6 Å². The lowest BCUT2D eigenvalue weighted by Crippen LogP contribution is -2.48. The Morgan fingerprint density at radius 1 is 1.39 bits per heavy atom. The minimum Gasteiger partial charge on any atom is -0.323 e. The third-order valence-corrected chi connectivity index (χ3v) is 3.46. The summed E-state index contributed by atoms with van der Waals surface area (Å²) in [7, 11) is 1.94. The summed E-state index contributed by atoms with van der Waals surface area (Å²) in [6.45, 7) is 1.58. The number of carbonyl (C=O) groups is 1. The summed E-state index contributed by atoms with van der Waals surface area (Å²) in [5, 5.41) is 6.77. The Labute approximate surface area is 112 Å². The van der Waals surface area contributed by atoms with E-state index in [1.54, 1.807) is 24.3 Å². The van der Waals surface area contributed by atoms with Gasteiger partial charge in [0.05, 0.1) is 0 Å². The summed E-state index contributed by atoms with van der Waals surface area (Å²) >= 11 is 5.80. The highest BCUT2D eigenvalue weighted by atomic mass is 35.5. The number of likely N-dealkylation sites (tertiary alicyclic amines) is 1. The number of anilines is 1. The maximum absolute atomic E-state index is 12.1. The van der Waals surface area contributed by atoms with E-state index >= 15 is 0 Å². The first-order chi connectivity index (χ1) is 8.69. The molecule has 1 aromatic carbocycles. The molecule has 1 fully saturated rings. The van der Waals surface area contributed by atoms with E-state index in [1.807, 2.05) is 11.9 Å². The zero-order chi connectivity index (χ0) is 13.0. The average Bonchev–Trinajstić information content (AvgIpc) is 2.41. The van der Waals surface area contributed by atoms with Crippen molar-refractivity contribution in [1.29, 1.82) is 0 Å². The highest BCUT2D eigenvalue weighted by molar-refractivity contribution is 6.30. The molecule has 0 radical (unpaired) electrons. The topological polar surface area (TPSA) is 44.4 Å². The number of likely N-dealkylation sites (N-methyl/N-ethyl adjacent to an activating group) is 1. The minimum absolute atomic E-state index is 0.0442. The fourth-order valence-corrected chi connectivity index (χ4v) is 2.26. The molecule has 2 amide bonds. The van der Waals surface area contributed by atoms with Crippen molar-refractivity contribution in [3.05, 3.63) is 29.3 Å². The number of nitrogens with one attached hydrogen (secondary N) is 2. The van der Waals surface area contributed by atoms with Gasteiger partial charge in [-0.25, -0.2) is 4.79 Å². The SMILES string of the molecule is CN[C@@H]1CCCN(C(=O)Nc2ccc(Cl)cc2)C1. The number of carbonyl (C=O) groups excluding carboxylic acids is 1. The number of urea groups is 1. The van der Waals surface area contributed by atoms with Crippen LogP contribution in [0.1, 0.15) is 12.8 Å². The van der Waals surface area contributed by atoms with Crippen LogP contribution in [0.15, 0.2) is 24.3 Å². The fourth-order valence-electron chi connectivity index (χ4n) is 2.13. The van der Waals surface area contributed by atoms with Crippen LogP contribution < -0.4 is 10.6 Å². The predicted molar refractivity (Wildman–Crippen MR) is 74.1 cm³/mol. The number of nitrogens with zero attached hydrogens (tertiary/aromatic N) is 1. The molecule has 0 unspecified atom stereocenters. The van der Waals surface area contributed by atoms with E-state index in [1.165, 1.54) is 0 Å². The van der Waals surface area contributed by atoms with Crippen LogP contribution in [0.3, 0.4) is 0 Å². The van der Waals surface area contributed by atoms with Crippen molar-refractivity contribution >= 4 is 23.3 Å². The van der Waals surface area contributed by atoms with Crippen LogP contribution in [0, 0.1) is 0 Å². The molecule has 1 aromatic rings. The highest BCUT2D eigenvalue weighted by Gasteiger charge is 2.22. The zero-order valence-electron chi connectivity index (χ0n) is 10.4. The normalized spacial score (nSPS) is 19.7. The summed E-state index contributed by atoms with van der Waals surface area (Å²) in [5.41, 5.74) is 0.774. The third kappa shape index (κ3) is 3.37. The van der Waals surface area contributed by atoms with E-state index in [0.717, 1.165) is 31.6 Å². The number of hydrogen-bond acceptors (Lipinski definition) is 2. The van der Waals surface area contributed by atoms with E-state index in [9.17, 15) is 4.79 Å². The lowest BCUT2D eigenvalue weighted by atomic mass is 10.1. The van der Waals surface area contributed by atoms with Crippen LogP contribution in [-0.4, -0.2) is 37.1 Å². The summed E-state index contributed by atoms with van der Waals surface area (Å²) in [6, 6.07) is 7.50. The van der Waals surface area contributed by atoms with Gasteiger partial charge in [-0.15, -0.1) is 0 Å². The Morgan fingerprint density at radius 2 is 2.11 bits per heavy atom. The van der Waals surface area contributed by atoms with Crippen LogP contribution in [0.2, 0.25) is 5.02 Å². The zero-order valence-corrected chi connectivity index (χ0v) is 11.2. The maximum Gasteiger partial charge on any atom is 0.321 e. The Balaban J connectivity index is 1.93. The van der Waals surface area contributed by atoms with Gasteiger partial charge in [-0.1, -0.05) is 11.6 Å². The highest BCUT2D eigenvalue weighted by Crippen LogP contribution is 2.15. The van der Waals surface area contributed by atoms with E-state index in [-0.39, 0.29) is 6.03 Å². The monoisotopic (exact) mass is 267 g/mol. The molecule has 98 valence electrons. The van der Waals surface area contributed by atoms with Crippen molar-refractivity contribution in [2.24, 2.45) is 0 Å². The molecule has 1 aliphatic heterocycles. The molecule has 18 heavy (non-hydrogen) atoms. The summed E-state index contributed by atoms with van der Waals surface area (Å²) in [4.78, 5) is 13.9. The number of hydrogen-bond donors (Lipinski definition) is 2. The van der Waals surface area contributed by atoms with Crippen LogP contribution >= 0.6 is 11.6 Å². The minimum atomic E-state index is -0.0442. The molecular formula is C13H18ClN3O. The second-order valence-corrected chi connectivity index (χ2v) is 4.95. The molecule has 2 N–H and O–H groups in total. The predicted octanol–water partition coefficient (Wildman–Crippen LogP) is 2.56. The van der Waals surface area contributed by atoms with E-state index in [4.69, 9.17) is 11.6 Å². The van der Waals surface area contributed by atoms with Gasteiger partial charge in [-0.2, -0.15) is 0 Å². The summed E-state index contributed by atoms with van der Waals surface area (Å²) in [6.07, 6.45) is 2.17. The number of halogens is 1. The molecular weight excluding hydrogens is 250 g/mol. The summed E-state index contributed by atoms with van der Waals surface area (Å²) < 4.78 is 0. The Morgan fingerprint density at radius 3 is 2.78 bits per heavy atom. The van der Waals surface area contributed by atoms with Gasteiger partial charge >= 0.3 is 6.03 Å². The lowest BCUT2D eigenvalue weighted by molar-refractivity contribution is 0.187. The molecule has 1 heterocycles. The van der Waals surface area contributed by atoms with Crippen molar-refractivity contribution in [1.82, 2.24) is 10.2 Å². The molecule has 1 atom stereocenters. The molecule has 0 bridgehead atoms. The lowest BCUT2D eigenvalue weighted by Gasteiger charge is -2.32. The number of piperidine rings is 1. The second-order valence-electron chi connectivity index (χ2n) is 4.51. The van der Waals surface area contributed by atoms with Crippen molar-refractivity contribution < 1.29 is 4.79 Å². The first kappa shape index (κ1) is 13.2. The molecule has 0 aromatic heterocycles. The van der Waals surface area contributed by atoms with Crippen LogP contribution in [0.5, 0.6) is 0 Å². The van der Waals surface area contributed by atoms with Crippen molar-refractivity contribution in [2.45, 2.75) is 18.9 Å². The largest absolute Gasteiger partial charge is 0.323 e. The molecule has 0 aliphatic carbocycles. The number of benzene rings is 1. The van der Waals surface area contributed by atoms with Crippen LogP contribution in [0.25, 0.3) is 0 Å². The van der Waals surface area contributed by atoms with E-state index in [0.29, 0.717) is 11.1 Å². The fraction of sp³-hybridized carbons (Fsp3) is 0.462. The molecule has 2 rings (SSSR count). The van der Waals surface area contributed by atoms with Gasteiger partial charge < -0.3 is 15.5 Å². The molecule has 0 spiro atoms. The quantitative estimate of drug-likeness (QED) is 0.865. The first-order valence-electron chi connectivity index (χ1n) is 6.18. The van der Waals surface area contributed by atoms with Crippen LogP contribution in [0.4, 0.5) is 10.5 Å². The average molecular weight is 268 g/mol. The second kappa shape index (κ2) is 6.07. The summed E-state index contributed by atoms with van der Waals surface area (Å²) in [5.74, 6) is 0.